The van der Waals surface area contributed by atoms with Crippen molar-refractivity contribution in [2.75, 3.05) is 11.9 Å². The monoisotopic (exact) mass is 375 g/mol. The second-order valence-electron chi connectivity index (χ2n) is 5.08. The Kier molecular flexibility index (Phi) is 6.28. The third-order valence-electron chi connectivity index (χ3n) is 3.22. The molecular weight excluding hydrogens is 362 g/mol. The van der Waals surface area contributed by atoms with Crippen LogP contribution in [-0.2, 0) is 16.0 Å². The summed E-state index contributed by atoms with van der Waals surface area (Å²) >= 11 is 7.19. The van der Waals surface area contributed by atoms with Gasteiger partial charge in [0.15, 0.2) is 5.78 Å². The number of amides is 2. The first-order valence-corrected chi connectivity index (χ1v) is 8.48. The Bertz CT molecular complexity index is 870. The molecule has 1 heterocycles. The van der Waals surface area contributed by atoms with E-state index in [9.17, 15) is 14.4 Å². The second-order valence-corrected chi connectivity index (χ2v) is 6.69. The van der Waals surface area contributed by atoms with E-state index < -0.39 is 11.8 Å². The van der Waals surface area contributed by atoms with Crippen LogP contribution in [0.4, 0.5) is 5.69 Å². The van der Waals surface area contributed by atoms with E-state index in [4.69, 9.17) is 16.9 Å². The Hall–Kier alpha value is -2.69. The molecule has 0 aliphatic carbocycles. The lowest BCUT2D eigenvalue weighted by atomic mass is 10.2. The Morgan fingerprint density at radius 3 is 2.60 bits per heavy atom. The van der Waals surface area contributed by atoms with Crippen molar-refractivity contribution >= 4 is 46.2 Å². The zero-order chi connectivity index (χ0) is 18.4. The number of nitriles is 1. The van der Waals surface area contributed by atoms with Crippen LogP contribution in [0.2, 0.25) is 5.02 Å². The average molecular weight is 376 g/mol. The summed E-state index contributed by atoms with van der Waals surface area (Å²) in [6, 6.07) is 9.85. The predicted octanol–water partition coefficient (Wildman–Crippen LogP) is 2.77. The van der Waals surface area contributed by atoms with Crippen LogP contribution in [0, 0.1) is 11.3 Å². The first kappa shape index (κ1) is 18.6. The molecule has 0 aliphatic rings. The van der Waals surface area contributed by atoms with E-state index in [2.05, 4.69) is 10.6 Å². The standard InChI is InChI=1S/C17H14ClN3O3S/c1-10(22)15-5-4-13(25-15)6-7-20-16(23)17(24)21-14-8-12(18)3-2-11(14)9-19/h2-5,8H,6-7H2,1H3,(H,20,23)(H,21,24). The average Bonchev–Trinajstić information content (AvgIpc) is 3.04. The smallest absolute Gasteiger partial charge is 0.313 e. The van der Waals surface area contributed by atoms with Crippen molar-refractivity contribution in [2.24, 2.45) is 0 Å². The summed E-state index contributed by atoms with van der Waals surface area (Å²) in [6.45, 7) is 1.75. The number of Topliss-reactive ketones (excluding diaryl/α,β-unsaturated/α-hetero) is 1. The number of nitrogens with zero attached hydrogens (tertiary/aromatic N) is 1. The number of nitrogens with one attached hydrogen (secondary N) is 2. The molecule has 8 heteroatoms. The highest BCUT2D eigenvalue weighted by molar-refractivity contribution is 7.14. The molecule has 0 saturated carbocycles. The van der Waals surface area contributed by atoms with Crippen LogP contribution in [0.25, 0.3) is 0 Å². The van der Waals surface area contributed by atoms with Gasteiger partial charge in [-0.15, -0.1) is 11.3 Å². The Morgan fingerprint density at radius 2 is 1.96 bits per heavy atom. The van der Waals surface area contributed by atoms with Crippen LogP contribution in [0.3, 0.4) is 0 Å². The highest BCUT2D eigenvalue weighted by atomic mass is 35.5. The SMILES string of the molecule is CC(=O)c1ccc(CCNC(=O)C(=O)Nc2cc(Cl)ccc2C#N)s1. The minimum Gasteiger partial charge on any atom is -0.347 e. The molecule has 1 aromatic heterocycles. The van der Waals surface area contributed by atoms with Gasteiger partial charge in [0.1, 0.15) is 6.07 Å². The van der Waals surface area contributed by atoms with E-state index in [1.165, 1.54) is 36.5 Å². The lowest BCUT2D eigenvalue weighted by Crippen LogP contribution is -2.36. The zero-order valence-corrected chi connectivity index (χ0v) is 14.8. The predicted molar refractivity (Wildman–Crippen MR) is 95.8 cm³/mol. The second kappa shape index (κ2) is 8.42. The molecule has 2 rings (SSSR count). The van der Waals surface area contributed by atoms with E-state index in [0.717, 1.165) is 4.88 Å². The maximum Gasteiger partial charge on any atom is 0.313 e. The molecule has 6 nitrogen and oxygen atoms in total. The van der Waals surface area contributed by atoms with Crippen molar-refractivity contribution < 1.29 is 14.4 Å². The van der Waals surface area contributed by atoms with Gasteiger partial charge in [-0.05, 0) is 43.7 Å². The minimum atomic E-state index is -0.880. The van der Waals surface area contributed by atoms with Crippen molar-refractivity contribution in [3.8, 4) is 6.07 Å². The number of hydrogen-bond donors (Lipinski definition) is 2. The van der Waals surface area contributed by atoms with E-state index in [1.54, 1.807) is 6.07 Å². The van der Waals surface area contributed by atoms with Crippen molar-refractivity contribution in [3.05, 3.63) is 50.7 Å². The molecule has 2 N–H and O–H groups in total. The van der Waals surface area contributed by atoms with Crippen LogP contribution in [-0.4, -0.2) is 24.1 Å². The number of hydrogen-bond acceptors (Lipinski definition) is 5. The zero-order valence-electron chi connectivity index (χ0n) is 13.3. The molecule has 2 aromatic rings. The number of benzene rings is 1. The van der Waals surface area contributed by atoms with Gasteiger partial charge < -0.3 is 10.6 Å². The van der Waals surface area contributed by atoms with Gasteiger partial charge in [-0.1, -0.05) is 11.6 Å². The number of ketones is 1. The summed E-state index contributed by atoms with van der Waals surface area (Å²) in [7, 11) is 0. The Balaban J connectivity index is 1.88. The van der Waals surface area contributed by atoms with E-state index >= 15 is 0 Å². The first-order chi connectivity index (χ1) is 11.9. The normalized spacial score (nSPS) is 9.96. The van der Waals surface area contributed by atoms with Crippen molar-refractivity contribution in [1.82, 2.24) is 5.32 Å². The fourth-order valence-corrected chi connectivity index (χ4v) is 3.05. The van der Waals surface area contributed by atoms with Crippen LogP contribution in [0.5, 0.6) is 0 Å². The molecule has 2 amide bonds. The van der Waals surface area contributed by atoms with Gasteiger partial charge in [-0.3, -0.25) is 14.4 Å². The third kappa shape index (κ3) is 5.14. The number of halogens is 1. The maximum atomic E-state index is 11.9. The molecule has 1 aromatic carbocycles. The molecule has 128 valence electrons. The Morgan fingerprint density at radius 1 is 1.20 bits per heavy atom. The summed E-state index contributed by atoms with van der Waals surface area (Å²) in [5.74, 6) is -1.70. The molecule has 0 bridgehead atoms. The van der Waals surface area contributed by atoms with Crippen molar-refractivity contribution in [2.45, 2.75) is 13.3 Å². The number of thiophene rings is 1. The fourth-order valence-electron chi connectivity index (χ4n) is 1.98. The number of anilines is 1. The van der Waals surface area contributed by atoms with E-state index in [1.807, 2.05) is 12.1 Å². The quantitative estimate of drug-likeness (QED) is 0.620. The van der Waals surface area contributed by atoms with Crippen LogP contribution < -0.4 is 10.6 Å². The lowest BCUT2D eigenvalue weighted by molar-refractivity contribution is -0.136. The molecule has 0 aliphatic heterocycles. The highest BCUT2D eigenvalue weighted by Crippen LogP contribution is 2.20. The summed E-state index contributed by atoms with van der Waals surface area (Å²) in [5.41, 5.74) is 0.389. The largest absolute Gasteiger partial charge is 0.347 e. The summed E-state index contributed by atoms with van der Waals surface area (Å²) < 4.78 is 0. The van der Waals surface area contributed by atoms with E-state index in [-0.39, 0.29) is 23.6 Å². The number of rotatable bonds is 5. The molecule has 0 radical (unpaired) electrons. The summed E-state index contributed by atoms with van der Waals surface area (Å²) in [4.78, 5) is 36.6. The number of carbonyl (C=O) groups is 3. The molecule has 0 atom stereocenters. The van der Waals surface area contributed by atoms with Crippen LogP contribution in [0.1, 0.15) is 27.0 Å². The summed E-state index contributed by atoms with van der Waals surface area (Å²) in [6.07, 6.45) is 0.511. The molecule has 0 unspecified atom stereocenters. The van der Waals surface area contributed by atoms with Gasteiger partial charge in [-0.2, -0.15) is 5.26 Å². The van der Waals surface area contributed by atoms with Crippen molar-refractivity contribution in [3.63, 3.8) is 0 Å². The summed E-state index contributed by atoms with van der Waals surface area (Å²) in [5, 5.41) is 14.2. The van der Waals surface area contributed by atoms with Crippen LogP contribution >= 0.6 is 22.9 Å². The molecule has 0 fully saturated rings. The van der Waals surface area contributed by atoms with Gasteiger partial charge >= 0.3 is 11.8 Å². The molecule has 0 spiro atoms. The van der Waals surface area contributed by atoms with Crippen molar-refractivity contribution in [1.29, 1.82) is 5.26 Å². The fraction of sp³-hybridized carbons (Fsp3) is 0.176. The lowest BCUT2D eigenvalue weighted by Gasteiger charge is -2.08. The Labute approximate surface area is 153 Å². The number of carbonyl (C=O) groups excluding carboxylic acids is 3. The van der Waals surface area contributed by atoms with Crippen LogP contribution in [0.15, 0.2) is 30.3 Å². The third-order valence-corrected chi connectivity index (χ3v) is 4.70. The molecular formula is C17H14ClN3O3S. The first-order valence-electron chi connectivity index (χ1n) is 7.29. The topological polar surface area (TPSA) is 99.1 Å². The van der Waals surface area contributed by atoms with E-state index in [0.29, 0.717) is 16.3 Å². The van der Waals surface area contributed by atoms with Gasteiger partial charge in [-0.25, -0.2) is 0 Å². The highest BCUT2D eigenvalue weighted by Gasteiger charge is 2.15. The van der Waals surface area contributed by atoms with Gasteiger partial charge in [0.25, 0.3) is 0 Å². The van der Waals surface area contributed by atoms with Gasteiger partial charge in [0.05, 0.1) is 16.1 Å². The maximum absolute atomic E-state index is 11.9. The molecule has 0 saturated heterocycles. The van der Waals surface area contributed by atoms with Gasteiger partial charge in [0.2, 0.25) is 0 Å². The van der Waals surface area contributed by atoms with Gasteiger partial charge in [0, 0.05) is 16.4 Å². The molecule has 25 heavy (non-hydrogen) atoms. The minimum absolute atomic E-state index is 0.00511.